The van der Waals surface area contributed by atoms with Crippen molar-refractivity contribution in [3.63, 3.8) is 0 Å². The Morgan fingerprint density at radius 1 is 1.47 bits per heavy atom. The quantitative estimate of drug-likeness (QED) is 0.847. The van der Waals surface area contributed by atoms with E-state index in [1.54, 1.807) is 19.9 Å². The molecule has 0 saturated carbocycles. The van der Waals surface area contributed by atoms with Gasteiger partial charge in [-0.25, -0.2) is 9.37 Å². The lowest BCUT2D eigenvalue weighted by Gasteiger charge is -2.11. The molecule has 0 fully saturated rings. The molecule has 0 aliphatic carbocycles. The first-order valence-corrected chi connectivity index (χ1v) is 6.51. The molecule has 0 amide bonds. The van der Waals surface area contributed by atoms with E-state index >= 15 is 0 Å². The van der Waals surface area contributed by atoms with Crippen molar-refractivity contribution in [1.29, 1.82) is 0 Å². The molecule has 1 aromatic carbocycles. The predicted octanol–water partition coefficient (Wildman–Crippen LogP) is 2.42. The number of aryl methyl sites for hydroxylation is 1. The molecule has 19 heavy (non-hydrogen) atoms. The van der Waals surface area contributed by atoms with Gasteiger partial charge in [-0.2, -0.15) is 0 Å². The number of aliphatic hydroxyl groups excluding tert-OH is 1. The number of rotatable bonds is 3. The molecule has 4 nitrogen and oxygen atoms in total. The maximum Gasteiger partial charge on any atom is 0.251 e. The molecule has 0 aliphatic heterocycles. The van der Waals surface area contributed by atoms with Gasteiger partial charge in [0.15, 0.2) is 5.16 Å². The van der Waals surface area contributed by atoms with Gasteiger partial charge >= 0.3 is 0 Å². The Labute approximate surface area is 113 Å². The Kier molecular flexibility index (Phi) is 4.01. The van der Waals surface area contributed by atoms with Crippen molar-refractivity contribution < 1.29 is 9.50 Å². The van der Waals surface area contributed by atoms with Crippen LogP contribution >= 0.6 is 11.8 Å². The molecule has 0 bridgehead atoms. The van der Waals surface area contributed by atoms with Gasteiger partial charge in [0.25, 0.3) is 5.56 Å². The third kappa shape index (κ3) is 3.21. The lowest BCUT2D eigenvalue weighted by Crippen LogP contribution is -2.08. The SMILES string of the molecule is Cc1cc(=O)[nH]c(Sc2c(F)cccc2C(C)O)n1. The zero-order chi connectivity index (χ0) is 14.0. The Balaban J connectivity index is 2.45. The summed E-state index contributed by atoms with van der Waals surface area (Å²) in [5.41, 5.74) is 0.736. The summed E-state index contributed by atoms with van der Waals surface area (Å²) in [5.74, 6) is -0.451. The summed E-state index contributed by atoms with van der Waals surface area (Å²) in [5, 5.41) is 9.95. The third-order valence-electron chi connectivity index (χ3n) is 2.49. The average Bonchev–Trinajstić information content (AvgIpc) is 2.30. The first-order valence-electron chi connectivity index (χ1n) is 5.69. The highest BCUT2D eigenvalue weighted by molar-refractivity contribution is 7.99. The van der Waals surface area contributed by atoms with Crippen molar-refractivity contribution in [2.24, 2.45) is 0 Å². The van der Waals surface area contributed by atoms with Gasteiger partial charge in [0, 0.05) is 11.8 Å². The lowest BCUT2D eigenvalue weighted by atomic mass is 10.1. The van der Waals surface area contributed by atoms with Crippen LogP contribution in [0.4, 0.5) is 4.39 Å². The number of H-pyrrole nitrogens is 1. The van der Waals surface area contributed by atoms with Gasteiger partial charge in [-0.3, -0.25) is 4.79 Å². The average molecular weight is 280 g/mol. The molecule has 0 aliphatic rings. The van der Waals surface area contributed by atoms with Gasteiger partial charge < -0.3 is 10.1 Å². The first kappa shape index (κ1) is 13.8. The number of aromatic amines is 1. The van der Waals surface area contributed by atoms with Gasteiger partial charge in [-0.05, 0) is 37.2 Å². The topological polar surface area (TPSA) is 66.0 Å². The van der Waals surface area contributed by atoms with Crippen molar-refractivity contribution >= 4 is 11.8 Å². The molecule has 1 atom stereocenters. The second kappa shape index (κ2) is 5.54. The number of hydrogen-bond donors (Lipinski definition) is 2. The highest BCUT2D eigenvalue weighted by Gasteiger charge is 2.15. The standard InChI is InChI=1S/C13H13FN2O2S/c1-7-6-11(18)16-13(15-7)19-12-9(8(2)17)4-3-5-10(12)14/h3-6,8,17H,1-2H3,(H,15,16,18). The van der Waals surface area contributed by atoms with Crippen molar-refractivity contribution in [3.05, 3.63) is 51.7 Å². The van der Waals surface area contributed by atoms with Crippen LogP contribution in [0.3, 0.4) is 0 Å². The number of halogens is 1. The van der Waals surface area contributed by atoms with Crippen molar-refractivity contribution in [1.82, 2.24) is 9.97 Å². The molecule has 1 unspecified atom stereocenters. The van der Waals surface area contributed by atoms with E-state index in [1.165, 1.54) is 18.2 Å². The minimum atomic E-state index is -0.797. The van der Waals surface area contributed by atoms with Gasteiger partial charge in [0.05, 0.1) is 11.0 Å². The van der Waals surface area contributed by atoms with Crippen LogP contribution in [0.5, 0.6) is 0 Å². The van der Waals surface area contributed by atoms with E-state index in [0.717, 1.165) is 11.8 Å². The number of nitrogens with one attached hydrogen (secondary N) is 1. The normalized spacial score (nSPS) is 12.4. The molecule has 0 radical (unpaired) electrons. The summed E-state index contributed by atoms with van der Waals surface area (Å²) < 4.78 is 13.8. The van der Waals surface area contributed by atoms with Crippen LogP contribution in [-0.4, -0.2) is 15.1 Å². The van der Waals surface area contributed by atoms with Gasteiger partial charge in [0.2, 0.25) is 0 Å². The summed E-state index contributed by atoms with van der Waals surface area (Å²) in [7, 11) is 0. The molecule has 2 rings (SSSR count). The fourth-order valence-electron chi connectivity index (χ4n) is 1.66. The summed E-state index contributed by atoms with van der Waals surface area (Å²) in [4.78, 5) is 18.3. The smallest absolute Gasteiger partial charge is 0.251 e. The highest BCUT2D eigenvalue weighted by atomic mass is 32.2. The van der Waals surface area contributed by atoms with Gasteiger partial charge in [-0.1, -0.05) is 12.1 Å². The van der Waals surface area contributed by atoms with Crippen LogP contribution in [0.1, 0.15) is 24.3 Å². The molecular formula is C13H13FN2O2S. The van der Waals surface area contributed by atoms with Crippen LogP contribution in [0.15, 0.2) is 39.1 Å². The Hall–Kier alpha value is -1.66. The van der Waals surface area contributed by atoms with Crippen LogP contribution in [0.25, 0.3) is 0 Å². The second-order valence-electron chi connectivity index (χ2n) is 4.13. The Morgan fingerprint density at radius 2 is 2.21 bits per heavy atom. The molecule has 0 spiro atoms. The highest BCUT2D eigenvalue weighted by Crippen LogP contribution is 2.33. The van der Waals surface area contributed by atoms with Crippen LogP contribution in [0.2, 0.25) is 0 Å². The fraction of sp³-hybridized carbons (Fsp3) is 0.231. The van der Waals surface area contributed by atoms with Crippen molar-refractivity contribution in [2.75, 3.05) is 0 Å². The maximum atomic E-state index is 13.8. The summed E-state index contributed by atoms with van der Waals surface area (Å²) in [6.07, 6.45) is -0.797. The Bertz CT molecular complexity index is 655. The maximum absolute atomic E-state index is 13.8. The van der Waals surface area contributed by atoms with Crippen LogP contribution < -0.4 is 5.56 Å². The number of nitrogens with zero attached hydrogens (tertiary/aromatic N) is 1. The first-order chi connectivity index (χ1) is 8.97. The number of hydrogen-bond acceptors (Lipinski definition) is 4. The second-order valence-corrected chi connectivity index (χ2v) is 5.13. The van der Waals surface area contributed by atoms with E-state index in [0.29, 0.717) is 16.4 Å². The molecule has 6 heteroatoms. The minimum Gasteiger partial charge on any atom is -0.389 e. The Morgan fingerprint density at radius 3 is 2.84 bits per heavy atom. The molecule has 100 valence electrons. The van der Waals surface area contributed by atoms with Gasteiger partial charge in [-0.15, -0.1) is 0 Å². The third-order valence-corrected chi connectivity index (χ3v) is 3.52. The van der Waals surface area contributed by atoms with Crippen molar-refractivity contribution in [3.8, 4) is 0 Å². The molecule has 1 aromatic heterocycles. The van der Waals surface area contributed by atoms with Crippen LogP contribution in [-0.2, 0) is 0 Å². The van der Waals surface area contributed by atoms with E-state index in [1.807, 2.05) is 0 Å². The largest absolute Gasteiger partial charge is 0.389 e. The summed E-state index contributed by atoms with van der Waals surface area (Å²) >= 11 is 0.996. The van der Waals surface area contributed by atoms with E-state index in [-0.39, 0.29) is 10.5 Å². The van der Waals surface area contributed by atoms with E-state index in [4.69, 9.17) is 0 Å². The molecule has 2 aromatic rings. The number of benzene rings is 1. The minimum absolute atomic E-state index is 0.270. The van der Waals surface area contributed by atoms with Gasteiger partial charge in [0.1, 0.15) is 5.82 Å². The lowest BCUT2D eigenvalue weighted by molar-refractivity contribution is 0.195. The van der Waals surface area contributed by atoms with E-state index < -0.39 is 11.9 Å². The van der Waals surface area contributed by atoms with E-state index in [9.17, 15) is 14.3 Å². The molecular weight excluding hydrogens is 267 g/mol. The number of aromatic nitrogens is 2. The molecule has 2 N–H and O–H groups in total. The van der Waals surface area contributed by atoms with Crippen LogP contribution in [0, 0.1) is 12.7 Å². The van der Waals surface area contributed by atoms with E-state index in [2.05, 4.69) is 9.97 Å². The molecule has 1 heterocycles. The summed E-state index contributed by atoms with van der Waals surface area (Å²) in [6, 6.07) is 5.85. The molecule has 0 saturated heterocycles. The zero-order valence-corrected chi connectivity index (χ0v) is 11.3. The zero-order valence-electron chi connectivity index (χ0n) is 10.5. The monoisotopic (exact) mass is 280 g/mol. The summed E-state index contributed by atoms with van der Waals surface area (Å²) in [6.45, 7) is 3.25. The fourth-order valence-corrected chi connectivity index (χ4v) is 2.72. The number of aliphatic hydroxyl groups is 1. The predicted molar refractivity (Wildman–Crippen MR) is 70.8 cm³/mol. The van der Waals surface area contributed by atoms with Crippen molar-refractivity contribution in [2.45, 2.75) is 30.0 Å².